The average molecular weight is 393 g/mol. The standard InChI is InChI=1S/C18H14Cl2N2O4/c1-24-15-8-3-2-5-11(15)18-21-16(26-22-18)10-25-17(23)9-12-13(19)6-4-7-14(12)20/h2-8H,9-10H2,1H3. The van der Waals surface area contributed by atoms with Gasteiger partial charge in [0.1, 0.15) is 5.75 Å². The van der Waals surface area contributed by atoms with Crippen LogP contribution in [0, 0.1) is 0 Å². The first-order valence-corrected chi connectivity index (χ1v) is 8.38. The van der Waals surface area contributed by atoms with E-state index >= 15 is 0 Å². The van der Waals surface area contributed by atoms with Crippen molar-refractivity contribution < 1.29 is 18.8 Å². The molecule has 8 heteroatoms. The summed E-state index contributed by atoms with van der Waals surface area (Å²) in [5.74, 6) is 0.634. The Labute approximate surface area is 159 Å². The number of benzene rings is 2. The van der Waals surface area contributed by atoms with Crippen LogP contribution in [0.1, 0.15) is 11.5 Å². The lowest BCUT2D eigenvalue weighted by Gasteiger charge is -2.06. The van der Waals surface area contributed by atoms with Gasteiger partial charge in [-0.15, -0.1) is 0 Å². The molecule has 0 aliphatic rings. The molecule has 2 aromatic carbocycles. The summed E-state index contributed by atoms with van der Waals surface area (Å²) in [6.45, 7) is -0.150. The van der Waals surface area contributed by atoms with Crippen LogP contribution in [-0.4, -0.2) is 23.2 Å². The lowest BCUT2D eigenvalue weighted by molar-refractivity contribution is -0.144. The molecule has 0 atom stereocenters. The number of ether oxygens (including phenoxy) is 2. The number of carbonyl (C=O) groups excluding carboxylic acids is 1. The molecule has 1 aromatic heterocycles. The maximum absolute atomic E-state index is 12.0. The molecule has 0 N–H and O–H groups in total. The largest absolute Gasteiger partial charge is 0.496 e. The molecule has 0 amide bonds. The summed E-state index contributed by atoms with van der Waals surface area (Å²) in [7, 11) is 1.56. The molecule has 0 aliphatic heterocycles. The molecule has 0 bridgehead atoms. The van der Waals surface area contributed by atoms with Crippen molar-refractivity contribution in [1.82, 2.24) is 10.1 Å². The Morgan fingerprint density at radius 1 is 1.12 bits per heavy atom. The van der Waals surface area contributed by atoms with Crippen molar-refractivity contribution in [2.24, 2.45) is 0 Å². The SMILES string of the molecule is COc1ccccc1-c1noc(COC(=O)Cc2c(Cl)cccc2Cl)n1. The highest BCUT2D eigenvalue weighted by Crippen LogP contribution is 2.27. The molecule has 0 unspecified atom stereocenters. The highest BCUT2D eigenvalue weighted by molar-refractivity contribution is 6.36. The van der Waals surface area contributed by atoms with Crippen molar-refractivity contribution in [1.29, 1.82) is 0 Å². The molecule has 3 aromatic rings. The minimum atomic E-state index is -0.503. The Balaban J connectivity index is 1.64. The van der Waals surface area contributed by atoms with E-state index in [4.69, 9.17) is 37.2 Å². The monoisotopic (exact) mass is 392 g/mol. The van der Waals surface area contributed by atoms with Crippen molar-refractivity contribution in [2.45, 2.75) is 13.0 Å². The lowest BCUT2D eigenvalue weighted by Crippen LogP contribution is -2.09. The first-order chi connectivity index (χ1) is 12.6. The maximum atomic E-state index is 12.0. The second-order valence-electron chi connectivity index (χ2n) is 5.25. The second kappa shape index (κ2) is 8.21. The number of halogens is 2. The van der Waals surface area contributed by atoms with Gasteiger partial charge in [-0.25, -0.2) is 0 Å². The van der Waals surface area contributed by atoms with Gasteiger partial charge < -0.3 is 14.0 Å². The molecule has 6 nitrogen and oxygen atoms in total. The van der Waals surface area contributed by atoms with E-state index in [9.17, 15) is 4.79 Å². The smallest absolute Gasteiger partial charge is 0.310 e. The number of hydrogen-bond acceptors (Lipinski definition) is 6. The number of nitrogens with zero attached hydrogens (tertiary/aromatic N) is 2. The quantitative estimate of drug-likeness (QED) is 0.580. The highest BCUT2D eigenvalue weighted by Gasteiger charge is 2.16. The van der Waals surface area contributed by atoms with Crippen LogP contribution >= 0.6 is 23.2 Å². The number of hydrogen-bond donors (Lipinski definition) is 0. The van der Waals surface area contributed by atoms with E-state index < -0.39 is 5.97 Å². The Morgan fingerprint density at radius 3 is 2.58 bits per heavy atom. The van der Waals surface area contributed by atoms with E-state index in [0.717, 1.165) is 0 Å². The summed E-state index contributed by atoms with van der Waals surface area (Å²) >= 11 is 12.1. The summed E-state index contributed by atoms with van der Waals surface area (Å²) in [4.78, 5) is 16.2. The minimum Gasteiger partial charge on any atom is -0.496 e. The van der Waals surface area contributed by atoms with Gasteiger partial charge in [-0.3, -0.25) is 4.79 Å². The zero-order valence-corrected chi connectivity index (χ0v) is 15.3. The van der Waals surface area contributed by atoms with Crippen molar-refractivity contribution in [3.8, 4) is 17.1 Å². The topological polar surface area (TPSA) is 74.5 Å². The van der Waals surface area contributed by atoms with Crippen molar-refractivity contribution >= 4 is 29.2 Å². The number of para-hydroxylation sites is 1. The van der Waals surface area contributed by atoms with Gasteiger partial charge in [0.05, 0.1) is 19.1 Å². The molecule has 134 valence electrons. The van der Waals surface area contributed by atoms with Crippen LogP contribution in [-0.2, 0) is 22.6 Å². The molecular weight excluding hydrogens is 379 g/mol. The number of carbonyl (C=O) groups is 1. The predicted molar refractivity (Wildman–Crippen MR) is 96.2 cm³/mol. The van der Waals surface area contributed by atoms with E-state index in [0.29, 0.717) is 32.7 Å². The maximum Gasteiger partial charge on any atom is 0.310 e. The van der Waals surface area contributed by atoms with Crippen LogP contribution in [0.4, 0.5) is 0 Å². The fourth-order valence-electron chi connectivity index (χ4n) is 2.29. The lowest BCUT2D eigenvalue weighted by atomic mass is 10.1. The first-order valence-electron chi connectivity index (χ1n) is 7.63. The van der Waals surface area contributed by atoms with Gasteiger partial charge in [0.15, 0.2) is 6.61 Å². The van der Waals surface area contributed by atoms with Crippen LogP contribution in [0.2, 0.25) is 10.0 Å². The first kappa shape index (κ1) is 18.2. The Kier molecular flexibility index (Phi) is 5.75. The van der Waals surface area contributed by atoms with Crippen molar-refractivity contribution in [3.63, 3.8) is 0 Å². The molecule has 0 spiro atoms. The van der Waals surface area contributed by atoms with E-state index in [1.165, 1.54) is 0 Å². The molecule has 3 rings (SSSR count). The van der Waals surface area contributed by atoms with Crippen LogP contribution in [0.25, 0.3) is 11.4 Å². The Hall–Kier alpha value is -2.57. The van der Waals surface area contributed by atoms with Crippen molar-refractivity contribution in [2.75, 3.05) is 7.11 Å². The van der Waals surface area contributed by atoms with Gasteiger partial charge in [-0.05, 0) is 24.3 Å². The third kappa shape index (κ3) is 4.15. The predicted octanol–water partition coefficient (Wildman–Crippen LogP) is 4.34. The van der Waals surface area contributed by atoms with Gasteiger partial charge >= 0.3 is 5.97 Å². The zero-order valence-electron chi connectivity index (χ0n) is 13.7. The molecule has 0 radical (unpaired) electrons. The highest BCUT2D eigenvalue weighted by atomic mass is 35.5. The summed E-state index contributed by atoms with van der Waals surface area (Å²) in [6, 6.07) is 12.3. The normalized spacial score (nSPS) is 10.6. The van der Waals surface area contributed by atoms with Gasteiger partial charge in [0, 0.05) is 15.6 Å². The molecule has 0 saturated heterocycles. The number of rotatable bonds is 6. The van der Waals surface area contributed by atoms with E-state index in [-0.39, 0.29) is 18.9 Å². The summed E-state index contributed by atoms with van der Waals surface area (Å²) < 4.78 is 15.5. The van der Waals surface area contributed by atoms with Crippen LogP contribution in [0.15, 0.2) is 47.0 Å². The fraction of sp³-hybridized carbons (Fsp3) is 0.167. The van der Waals surface area contributed by atoms with Crippen LogP contribution in [0.3, 0.4) is 0 Å². The van der Waals surface area contributed by atoms with E-state index in [2.05, 4.69) is 10.1 Å². The average Bonchev–Trinajstić information content (AvgIpc) is 3.12. The molecule has 0 aliphatic carbocycles. The summed E-state index contributed by atoms with van der Waals surface area (Å²) in [5.41, 5.74) is 1.19. The van der Waals surface area contributed by atoms with Crippen LogP contribution in [0.5, 0.6) is 5.75 Å². The summed E-state index contributed by atoms with van der Waals surface area (Å²) in [5, 5.41) is 4.70. The number of aromatic nitrogens is 2. The summed E-state index contributed by atoms with van der Waals surface area (Å²) in [6.07, 6.45) is -0.0496. The fourth-order valence-corrected chi connectivity index (χ4v) is 2.82. The van der Waals surface area contributed by atoms with Gasteiger partial charge in [0.2, 0.25) is 5.82 Å². The second-order valence-corrected chi connectivity index (χ2v) is 6.06. The molecule has 0 fully saturated rings. The zero-order chi connectivity index (χ0) is 18.5. The molecule has 0 saturated carbocycles. The molecular formula is C18H14Cl2N2O4. The molecule has 1 heterocycles. The van der Waals surface area contributed by atoms with Gasteiger partial charge in [-0.2, -0.15) is 4.98 Å². The van der Waals surface area contributed by atoms with E-state index in [1.54, 1.807) is 37.4 Å². The molecule has 26 heavy (non-hydrogen) atoms. The number of esters is 1. The number of methoxy groups -OCH3 is 1. The Morgan fingerprint density at radius 2 is 1.85 bits per heavy atom. The van der Waals surface area contributed by atoms with Crippen LogP contribution < -0.4 is 4.74 Å². The van der Waals surface area contributed by atoms with Gasteiger partial charge in [0.25, 0.3) is 5.89 Å². The third-order valence-corrected chi connectivity index (χ3v) is 4.26. The third-order valence-electron chi connectivity index (χ3n) is 3.56. The van der Waals surface area contributed by atoms with Crippen molar-refractivity contribution in [3.05, 3.63) is 64.0 Å². The van der Waals surface area contributed by atoms with E-state index in [1.807, 2.05) is 12.1 Å². The van der Waals surface area contributed by atoms with Gasteiger partial charge in [-0.1, -0.05) is 46.6 Å². The minimum absolute atomic E-state index is 0.0496. The Bertz CT molecular complexity index is 907.